The highest BCUT2D eigenvalue weighted by Crippen LogP contribution is 2.37. The molecule has 0 saturated carbocycles. The molecule has 1 atom stereocenters. The molecule has 2 fully saturated rings. The number of hydrogen-bond donors (Lipinski definition) is 1. The molecule has 0 radical (unpaired) electrons. The molecule has 0 aliphatic carbocycles. The number of benzene rings is 2. The number of ketones is 1. The van der Waals surface area contributed by atoms with Gasteiger partial charge in [-0.1, -0.05) is 18.2 Å². The normalized spacial score (nSPS) is 22.0. The Kier molecular flexibility index (Phi) is 5.03. The molecule has 33 heavy (non-hydrogen) atoms. The highest BCUT2D eigenvalue weighted by atomic mass is 16.6. The summed E-state index contributed by atoms with van der Waals surface area (Å²) in [5.74, 6) is 0.185. The fourth-order valence-electron chi connectivity index (χ4n) is 4.39. The lowest BCUT2D eigenvalue weighted by Crippen LogP contribution is -2.41. The van der Waals surface area contributed by atoms with Gasteiger partial charge in [-0.2, -0.15) is 0 Å². The second kappa shape index (κ2) is 7.91. The number of anilines is 1. The van der Waals surface area contributed by atoms with Gasteiger partial charge in [0.15, 0.2) is 17.3 Å². The summed E-state index contributed by atoms with van der Waals surface area (Å²) < 4.78 is 11.1. The number of fused-ring (bicyclic) bond motifs is 1. The lowest BCUT2D eigenvalue weighted by Gasteiger charge is -2.25. The number of hydrogen-bond acceptors (Lipinski definition) is 6. The zero-order chi connectivity index (χ0) is 23.2. The SMILES string of the molecule is C[C@]1(c2ccc3c(c2)OCCO3)NC(=O)N(CC(=O)c2cccc(N3CCCC3=O)c2)C1=O. The van der Waals surface area contributed by atoms with Crippen LogP contribution in [-0.2, 0) is 15.1 Å². The zero-order valence-corrected chi connectivity index (χ0v) is 18.1. The first-order chi connectivity index (χ1) is 15.9. The largest absolute Gasteiger partial charge is 0.486 e. The maximum atomic E-state index is 13.3. The Morgan fingerprint density at radius 1 is 1.06 bits per heavy atom. The summed E-state index contributed by atoms with van der Waals surface area (Å²) in [6.45, 7) is 2.65. The minimum Gasteiger partial charge on any atom is -0.486 e. The second-order valence-corrected chi connectivity index (χ2v) is 8.43. The highest BCUT2D eigenvalue weighted by molar-refractivity contribution is 6.11. The third-order valence-corrected chi connectivity index (χ3v) is 6.25. The number of imide groups is 1. The van der Waals surface area contributed by atoms with E-state index in [0.717, 1.165) is 11.3 Å². The van der Waals surface area contributed by atoms with E-state index >= 15 is 0 Å². The van der Waals surface area contributed by atoms with Crippen LogP contribution >= 0.6 is 0 Å². The number of Topliss-reactive ketones (excluding diaryl/α,β-unsaturated/α-hetero) is 1. The number of rotatable bonds is 5. The van der Waals surface area contributed by atoms with Gasteiger partial charge in [0.2, 0.25) is 5.91 Å². The average Bonchev–Trinajstić information content (AvgIpc) is 3.35. The predicted molar refractivity (Wildman–Crippen MR) is 117 cm³/mol. The maximum absolute atomic E-state index is 13.3. The van der Waals surface area contributed by atoms with Gasteiger partial charge < -0.3 is 19.7 Å². The van der Waals surface area contributed by atoms with Crippen LogP contribution in [-0.4, -0.2) is 54.8 Å². The van der Waals surface area contributed by atoms with E-state index in [1.54, 1.807) is 54.3 Å². The van der Waals surface area contributed by atoms with Gasteiger partial charge in [0.1, 0.15) is 18.8 Å². The Labute approximate surface area is 190 Å². The van der Waals surface area contributed by atoms with Gasteiger partial charge in [0.25, 0.3) is 5.91 Å². The first kappa shape index (κ1) is 21.0. The number of amides is 4. The maximum Gasteiger partial charge on any atom is 0.325 e. The van der Waals surface area contributed by atoms with E-state index in [2.05, 4.69) is 5.32 Å². The van der Waals surface area contributed by atoms with Crippen molar-refractivity contribution in [3.63, 3.8) is 0 Å². The smallest absolute Gasteiger partial charge is 0.325 e. The van der Waals surface area contributed by atoms with Gasteiger partial charge in [0, 0.05) is 24.2 Å². The zero-order valence-electron chi connectivity index (χ0n) is 18.1. The molecule has 2 saturated heterocycles. The first-order valence-electron chi connectivity index (χ1n) is 10.8. The molecular formula is C24H23N3O6. The molecule has 3 aliphatic rings. The molecule has 2 aromatic rings. The third-order valence-electron chi connectivity index (χ3n) is 6.25. The van der Waals surface area contributed by atoms with Crippen molar-refractivity contribution in [3.05, 3.63) is 53.6 Å². The van der Waals surface area contributed by atoms with Gasteiger partial charge >= 0.3 is 6.03 Å². The molecule has 9 heteroatoms. The summed E-state index contributed by atoms with van der Waals surface area (Å²) in [6, 6.07) is 11.1. The van der Waals surface area contributed by atoms with Crippen molar-refractivity contribution in [2.45, 2.75) is 25.3 Å². The summed E-state index contributed by atoms with van der Waals surface area (Å²) in [4.78, 5) is 53.5. The molecule has 3 aliphatic heterocycles. The Morgan fingerprint density at radius 3 is 2.61 bits per heavy atom. The van der Waals surface area contributed by atoms with Gasteiger partial charge in [0.05, 0.1) is 6.54 Å². The predicted octanol–water partition coefficient (Wildman–Crippen LogP) is 2.23. The minimum atomic E-state index is -1.34. The number of nitrogens with one attached hydrogen (secondary N) is 1. The van der Waals surface area contributed by atoms with Gasteiger partial charge in [-0.25, -0.2) is 4.79 Å². The van der Waals surface area contributed by atoms with Gasteiger partial charge in [-0.15, -0.1) is 0 Å². The fourth-order valence-corrected chi connectivity index (χ4v) is 4.39. The van der Waals surface area contributed by atoms with Crippen molar-refractivity contribution >= 4 is 29.3 Å². The lowest BCUT2D eigenvalue weighted by atomic mass is 9.91. The molecule has 3 heterocycles. The molecule has 0 unspecified atom stereocenters. The summed E-state index contributed by atoms with van der Waals surface area (Å²) >= 11 is 0. The van der Waals surface area contributed by atoms with Gasteiger partial charge in [-0.05, 0) is 43.2 Å². The van der Waals surface area contributed by atoms with Crippen LogP contribution in [0, 0.1) is 0 Å². The van der Waals surface area contributed by atoms with E-state index in [-0.39, 0.29) is 5.91 Å². The minimum absolute atomic E-state index is 0.0175. The van der Waals surface area contributed by atoms with E-state index in [1.807, 2.05) is 0 Å². The van der Waals surface area contributed by atoms with Crippen molar-refractivity contribution in [3.8, 4) is 11.5 Å². The molecule has 0 spiro atoms. The quantitative estimate of drug-likeness (QED) is 0.555. The molecule has 9 nitrogen and oxygen atoms in total. The molecule has 5 rings (SSSR count). The number of carbonyl (C=O) groups excluding carboxylic acids is 4. The Hall–Kier alpha value is -3.88. The number of ether oxygens (including phenoxy) is 2. The van der Waals surface area contributed by atoms with E-state index < -0.39 is 29.8 Å². The van der Waals surface area contributed by atoms with Crippen molar-refractivity contribution in [1.29, 1.82) is 0 Å². The number of carbonyl (C=O) groups is 4. The van der Waals surface area contributed by atoms with Crippen molar-refractivity contribution in [2.24, 2.45) is 0 Å². The lowest BCUT2D eigenvalue weighted by molar-refractivity contribution is -0.130. The van der Waals surface area contributed by atoms with Crippen LogP contribution in [0.2, 0.25) is 0 Å². The van der Waals surface area contributed by atoms with Crippen LogP contribution < -0.4 is 19.7 Å². The average molecular weight is 449 g/mol. The monoisotopic (exact) mass is 449 g/mol. The number of nitrogens with zero attached hydrogens (tertiary/aromatic N) is 2. The molecule has 4 amide bonds. The van der Waals surface area contributed by atoms with Crippen LogP contribution in [0.5, 0.6) is 11.5 Å². The van der Waals surface area contributed by atoms with Crippen LogP contribution in [0.25, 0.3) is 0 Å². The molecular weight excluding hydrogens is 426 g/mol. The Bertz CT molecular complexity index is 1180. The Balaban J connectivity index is 1.35. The van der Waals surface area contributed by atoms with Crippen LogP contribution in [0.1, 0.15) is 35.7 Å². The molecule has 1 N–H and O–H groups in total. The standard InChI is InChI=1S/C24H23N3O6/c1-24(16-7-8-19-20(13-16)33-11-10-32-19)22(30)27(23(31)25-24)14-18(28)15-4-2-5-17(12-15)26-9-3-6-21(26)29/h2,4-5,7-8,12-13H,3,6,9-11,14H2,1H3,(H,25,31)/t24-/m1/s1. The second-order valence-electron chi connectivity index (χ2n) is 8.43. The van der Waals surface area contributed by atoms with E-state index in [4.69, 9.17) is 9.47 Å². The van der Waals surface area contributed by atoms with Crippen molar-refractivity contribution in [2.75, 3.05) is 31.2 Å². The first-order valence-corrected chi connectivity index (χ1v) is 10.8. The molecule has 170 valence electrons. The van der Waals surface area contributed by atoms with E-state index in [1.165, 1.54) is 0 Å². The van der Waals surface area contributed by atoms with Crippen LogP contribution in [0.3, 0.4) is 0 Å². The summed E-state index contributed by atoms with van der Waals surface area (Å²) in [7, 11) is 0. The van der Waals surface area contributed by atoms with E-state index in [9.17, 15) is 19.2 Å². The molecule has 0 aromatic heterocycles. The van der Waals surface area contributed by atoms with Crippen LogP contribution in [0.15, 0.2) is 42.5 Å². The fraction of sp³-hybridized carbons (Fsp3) is 0.333. The van der Waals surface area contributed by atoms with E-state index in [0.29, 0.717) is 54.5 Å². The molecule has 0 bridgehead atoms. The Morgan fingerprint density at radius 2 is 1.85 bits per heavy atom. The summed E-state index contributed by atoms with van der Waals surface area (Å²) in [5, 5.41) is 2.71. The topological polar surface area (TPSA) is 105 Å². The van der Waals surface area contributed by atoms with Gasteiger partial charge in [-0.3, -0.25) is 19.3 Å². The number of urea groups is 1. The van der Waals surface area contributed by atoms with Crippen molar-refractivity contribution < 1.29 is 28.7 Å². The third kappa shape index (κ3) is 3.59. The molecule has 2 aromatic carbocycles. The van der Waals surface area contributed by atoms with Crippen molar-refractivity contribution in [1.82, 2.24) is 10.2 Å². The summed E-state index contributed by atoms with van der Waals surface area (Å²) in [6.07, 6.45) is 1.26. The van der Waals surface area contributed by atoms with Crippen LogP contribution in [0.4, 0.5) is 10.5 Å². The summed E-state index contributed by atoms with van der Waals surface area (Å²) in [5.41, 5.74) is 0.175. The highest BCUT2D eigenvalue weighted by Gasteiger charge is 2.49.